The van der Waals surface area contributed by atoms with Crippen LogP contribution in [0.3, 0.4) is 0 Å². The van der Waals surface area contributed by atoms with E-state index in [0.717, 1.165) is 32.8 Å². The molecule has 0 saturated carbocycles. The number of rotatable bonds is 8. The lowest BCUT2D eigenvalue weighted by Crippen LogP contribution is -2.12. The fourth-order valence-corrected chi connectivity index (χ4v) is 5.11. The third kappa shape index (κ3) is 5.60. The molecule has 1 amide bonds. The number of amides is 1. The van der Waals surface area contributed by atoms with Gasteiger partial charge in [0.25, 0.3) is 0 Å². The molecule has 0 bridgehead atoms. The van der Waals surface area contributed by atoms with E-state index in [1.807, 2.05) is 78.9 Å². The number of aliphatic hydroxyl groups excluding tert-OH is 1. The van der Waals surface area contributed by atoms with E-state index < -0.39 is 6.10 Å². The minimum atomic E-state index is -0.674. The van der Waals surface area contributed by atoms with Crippen molar-refractivity contribution in [3.63, 3.8) is 0 Å². The Balaban J connectivity index is 1.36. The van der Waals surface area contributed by atoms with Crippen molar-refractivity contribution in [2.45, 2.75) is 18.9 Å². The summed E-state index contributed by atoms with van der Waals surface area (Å²) in [5.74, 6) is -0.163. The van der Waals surface area contributed by atoms with Gasteiger partial charge in [0.1, 0.15) is 0 Å². The van der Waals surface area contributed by atoms with E-state index >= 15 is 0 Å². The van der Waals surface area contributed by atoms with Gasteiger partial charge in [-0.3, -0.25) is 4.79 Å². The number of nitrogens with one attached hydrogen (secondary N) is 1. The number of nitrogens with zero attached hydrogens (tertiary/aromatic N) is 1. The summed E-state index contributed by atoms with van der Waals surface area (Å²) in [6.07, 6.45) is -0.121. The third-order valence-electron chi connectivity index (χ3n) is 6.00. The summed E-state index contributed by atoms with van der Waals surface area (Å²) in [6, 6.07) is 38.1. The Bertz CT molecular complexity index is 1420. The average Bonchev–Trinajstić information content (AvgIpc) is 3.37. The molecule has 36 heavy (non-hydrogen) atoms. The van der Waals surface area contributed by atoms with Crippen LogP contribution in [0.5, 0.6) is 0 Å². The number of hydrogen-bond acceptors (Lipinski definition) is 4. The molecule has 1 atom stereocenters. The lowest BCUT2D eigenvalue weighted by atomic mass is 10.0. The van der Waals surface area contributed by atoms with Gasteiger partial charge in [-0.1, -0.05) is 127 Å². The van der Waals surface area contributed by atoms with Crippen molar-refractivity contribution in [2.24, 2.45) is 0 Å². The molecule has 1 aromatic heterocycles. The monoisotopic (exact) mass is 490 g/mol. The summed E-state index contributed by atoms with van der Waals surface area (Å²) >= 11 is 1.46. The zero-order chi connectivity index (χ0) is 24.7. The molecule has 4 aromatic carbocycles. The highest BCUT2D eigenvalue weighted by atomic mass is 32.1. The maximum absolute atomic E-state index is 12.7. The lowest BCUT2D eigenvalue weighted by Gasteiger charge is -2.10. The van der Waals surface area contributed by atoms with Gasteiger partial charge in [-0.25, -0.2) is 4.98 Å². The highest BCUT2D eigenvalue weighted by molar-refractivity contribution is 7.19. The molecule has 0 saturated heterocycles. The highest BCUT2D eigenvalue weighted by Gasteiger charge is 2.17. The minimum Gasteiger partial charge on any atom is -0.388 e. The number of hydrogen-bond donors (Lipinski definition) is 2. The molecular formula is C31H26N2O2S. The summed E-state index contributed by atoms with van der Waals surface area (Å²) in [7, 11) is 0. The van der Waals surface area contributed by atoms with Crippen molar-refractivity contribution in [2.75, 3.05) is 5.32 Å². The second-order valence-electron chi connectivity index (χ2n) is 8.52. The van der Waals surface area contributed by atoms with Crippen LogP contribution >= 0.6 is 11.3 Å². The van der Waals surface area contributed by atoms with Crippen LogP contribution in [0.25, 0.3) is 32.8 Å². The van der Waals surface area contributed by atoms with Gasteiger partial charge in [0.15, 0.2) is 5.13 Å². The van der Waals surface area contributed by atoms with Crippen LogP contribution < -0.4 is 5.32 Å². The molecule has 0 radical (unpaired) electrons. The summed E-state index contributed by atoms with van der Waals surface area (Å²) in [5.41, 5.74) is 6.01. The maximum atomic E-state index is 12.7. The molecule has 2 N–H and O–H groups in total. The predicted molar refractivity (Wildman–Crippen MR) is 148 cm³/mol. The SMILES string of the molecule is O=C(CC[C@H](O)c1ccccc1)Nc1nc(-c2ccccc2)c(-c2ccc(-c3ccccc3)cc2)s1. The van der Waals surface area contributed by atoms with Gasteiger partial charge in [-0.15, -0.1) is 0 Å². The van der Waals surface area contributed by atoms with E-state index in [0.29, 0.717) is 11.6 Å². The molecule has 178 valence electrons. The van der Waals surface area contributed by atoms with Gasteiger partial charge >= 0.3 is 0 Å². The van der Waals surface area contributed by atoms with Crippen LogP contribution in [0.15, 0.2) is 115 Å². The summed E-state index contributed by atoms with van der Waals surface area (Å²) in [5, 5.41) is 13.9. The molecule has 4 nitrogen and oxygen atoms in total. The Morgan fingerprint density at radius 2 is 1.25 bits per heavy atom. The Morgan fingerprint density at radius 1 is 0.722 bits per heavy atom. The van der Waals surface area contributed by atoms with Crippen molar-refractivity contribution in [1.82, 2.24) is 4.98 Å². The molecule has 5 aromatic rings. The standard InChI is InChI=1S/C31H26N2O2S/c34-27(24-12-6-2-7-13-24)20-21-28(35)32-31-33-29(25-14-8-3-9-15-25)30(36-31)26-18-16-23(17-19-26)22-10-4-1-5-11-22/h1-19,27,34H,20-21H2,(H,32,33,35)/t27-/m0/s1. The van der Waals surface area contributed by atoms with E-state index in [1.165, 1.54) is 16.9 Å². The van der Waals surface area contributed by atoms with Gasteiger partial charge in [0.05, 0.1) is 16.7 Å². The first-order valence-corrected chi connectivity index (χ1v) is 12.7. The molecule has 5 heteroatoms. The first-order valence-electron chi connectivity index (χ1n) is 11.9. The lowest BCUT2D eigenvalue weighted by molar-refractivity contribution is -0.116. The van der Waals surface area contributed by atoms with Crippen LogP contribution in [-0.4, -0.2) is 16.0 Å². The number of benzene rings is 4. The quantitative estimate of drug-likeness (QED) is 0.235. The zero-order valence-corrected chi connectivity index (χ0v) is 20.5. The first-order chi connectivity index (χ1) is 17.7. The maximum Gasteiger partial charge on any atom is 0.226 e. The molecule has 5 rings (SSSR count). The molecule has 0 aliphatic carbocycles. The third-order valence-corrected chi connectivity index (χ3v) is 7.02. The summed E-state index contributed by atoms with van der Waals surface area (Å²) in [4.78, 5) is 18.5. The van der Waals surface area contributed by atoms with Crippen LogP contribution in [0, 0.1) is 0 Å². The van der Waals surface area contributed by atoms with Crippen LogP contribution in [-0.2, 0) is 4.79 Å². The van der Waals surface area contributed by atoms with E-state index in [1.54, 1.807) is 0 Å². The van der Waals surface area contributed by atoms with Crippen molar-refractivity contribution in [3.05, 3.63) is 121 Å². The number of aliphatic hydroxyl groups is 1. The molecular weight excluding hydrogens is 464 g/mol. The average molecular weight is 491 g/mol. The number of thiazole rings is 1. The second kappa shape index (κ2) is 11.1. The van der Waals surface area contributed by atoms with Crippen LogP contribution in [0.4, 0.5) is 5.13 Å². The van der Waals surface area contributed by atoms with E-state index in [4.69, 9.17) is 4.98 Å². The molecule has 0 aliphatic rings. The van der Waals surface area contributed by atoms with Crippen molar-refractivity contribution >= 4 is 22.4 Å². The molecule has 0 aliphatic heterocycles. The Kier molecular flexibility index (Phi) is 7.31. The normalized spacial score (nSPS) is 11.7. The van der Waals surface area contributed by atoms with Gasteiger partial charge in [-0.2, -0.15) is 0 Å². The Hall–Kier alpha value is -4.06. The summed E-state index contributed by atoms with van der Waals surface area (Å²) in [6.45, 7) is 0. The van der Waals surface area contributed by atoms with Gasteiger partial charge in [-0.05, 0) is 28.7 Å². The largest absolute Gasteiger partial charge is 0.388 e. The van der Waals surface area contributed by atoms with Crippen molar-refractivity contribution in [1.29, 1.82) is 0 Å². The van der Waals surface area contributed by atoms with Crippen molar-refractivity contribution < 1.29 is 9.90 Å². The molecule has 0 spiro atoms. The van der Waals surface area contributed by atoms with E-state index in [-0.39, 0.29) is 12.3 Å². The van der Waals surface area contributed by atoms with Gasteiger partial charge in [0.2, 0.25) is 5.91 Å². The Labute approximate surface area is 214 Å². The topological polar surface area (TPSA) is 62.2 Å². The fraction of sp³-hybridized carbons (Fsp3) is 0.0968. The second-order valence-corrected chi connectivity index (χ2v) is 9.52. The van der Waals surface area contributed by atoms with Crippen LogP contribution in [0.1, 0.15) is 24.5 Å². The predicted octanol–water partition coefficient (Wildman–Crippen LogP) is 7.60. The number of carbonyl (C=O) groups is 1. The number of aromatic nitrogens is 1. The summed E-state index contributed by atoms with van der Waals surface area (Å²) < 4.78 is 0. The highest BCUT2D eigenvalue weighted by Crippen LogP contribution is 2.39. The van der Waals surface area contributed by atoms with Crippen molar-refractivity contribution in [3.8, 4) is 32.8 Å². The Morgan fingerprint density at radius 3 is 1.89 bits per heavy atom. The van der Waals surface area contributed by atoms with Gasteiger partial charge in [0, 0.05) is 12.0 Å². The molecule has 0 unspecified atom stereocenters. The zero-order valence-electron chi connectivity index (χ0n) is 19.7. The smallest absolute Gasteiger partial charge is 0.226 e. The molecule has 1 heterocycles. The van der Waals surface area contributed by atoms with E-state index in [2.05, 4.69) is 41.7 Å². The number of carbonyl (C=O) groups excluding carboxylic acids is 1. The first kappa shape index (κ1) is 23.7. The molecule has 0 fully saturated rings. The van der Waals surface area contributed by atoms with E-state index in [9.17, 15) is 9.90 Å². The number of anilines is 1. The van der Waals surface area contributed by atoms with Crippen LogP contribution in [0.2, 0.25) is 0 Å². The fourth-order valence-electron chi connectivity index (χ4n) is 4.10. The van der Waals surface area contributed by atoms with Gasteiger partial charge < -0.3 is 10.4 Å². The minimum absolute atomic E-state index is 0.163.